The molecule has 1 aliphatic heterocycles. The molecule has 1 atom stereocenters. The van der Waals surface area contributed by atoms with E-state index in [1.54, 1.807) is 11.3 Å². The first-order valence-electron chi connectivity index (χ1n) is 8.80. The number of thiazole rings is 1. The second-order valence-electron chi connectivity index (χ2n) is 6.58. The van der Waals surface area contributed by atoms with E-state index in [2.05, 4.69) is 28.0 Å². The van der Waals surface area contributed by atoms with Gasteiger partial charge in [0.2, 0.25) is 0 Å². The molecule has 1 aromatic heterocycles. The standard InChI is InChI=1S/C20H23N3OS/c24-18(16-6-2-1-3-7-16)14-22-10-12-23(13-11-22)15-20-21-17-8-4-5-9-19(17)25-20/h1-9,18,24H,10-15H2/t18-/m1/s1. The first-order valence-corrected chi connectivity index (χ1v) is 9.62. The summed E-state index contributed by atoms with van der Waals surface area (Å²) < 4.78 is 1.27. The minimum atomic E-state index is -0.406. The first-order chi connectivity index (χ1) is 12.3. The summed E-state index contributed by atoms with van der Waals surface area (Å²) in [7, 11) is 0. The lowest BCUT2D eigenvalue weighted by atomic mass is 10.1. The molecule has 130 valence electrons. The molecule has 0 bridgehead atoms. The van der Waals surface area contributed by atoms with Gasteiger partial charge in [-0.25, -0.2) is 4.98 Å². The van der Waals surface area contributed by atoms with Crippen molar-refractivity contribution in [3.8, 4) is 0 Å². The molecule has 1 N–H and O–H groups in total. The Kier molecular flexibility index (Phi) is 5.08. The van der Waals surface area contributed by atoms with E-state index in [1.165, 1.54) is 9.71 Å². The molecule has 1 saturated heterocycles. The largest absolute Gasteiger partial charge is 0.387 e. The van der Waals surface area contributed by atoms with E-state index in [9.17, 15) is 5.11 Å². The maximum Gasteiger partial charge on any atom is 0.108 e. The number of fused-ring (bicyclic) bond motifs is 1. The topological polar surface area (TPSA) is 39.6 Å². The number of hydrogen-bond acceptors (Lipinski definition) is 5. The van der Waals surface area contributed by atoms with E-state index in [0.29, 0.717) is 6.54 Å². The maximum atomic E-state index is 10.4. The van der Waals surface area contributed by atoms with E-state index in [1.807, 2.05) is 36.4 Å². The van der Waals surface area contributed by atoms with Crippen LogP contribution < -0.4 is 0 Å². The summed E-state index contributed by atoms with van der Waals surface area (Å²) in [5.41, 5.74) is 2.10. The lowest BCUT2D eigenvalue weighted by Crippen LogP contribution is -2.47. The van der Waals surface area contributed by atoms with Gasteiger partial charge in [-0.1, -0.05) is 42.5 Å². The Hall–Kier alpha value is -1.79. The summed E-state index contributed by atoms with van der Waals surface area (Å²) in [6, 6.07) is 18.3. The Morgan fingerprint density at radius 3 is 2.36 bits per heavy atom. The van der Waals surface area contributed by atoms with Crippen LogP contribution in [0.4, 0.5) is 0 Å². The van der Waals surface area contributed by atoms with Crippen LogP contribution in [-0.2, 0) is 6.54 Å². The summed E-state index contributed by atoms with van der Waals surface area (Å²) >= 11 is 1.79. The molecule has 0 unspecified atom stereocenters. The second-order valence-corrected chi connectivity index (χ2v) is 7.69. The fourth-order valence-corrected chi connectivity index (χ4v) is 4.34. The molecule has 3 aromatic rings. The predicted molar refractivity (Wildman–Crippen MR) is 103 cm³/mol. The zero-order chi connectivity index (χ0) is 17.1. The van der Waals surface area contributed by atoms with Gasteiger partial charge in [-0.3, -0.25) is 9.80 Å². The van der Waals surface area contributed by atoms with Crippen LogP contribution in [-0.4, -0.2) is 52.6 Å². The molecule has 4 nitrogen and oxygen atoms in total. The number of para-hydroxylation sites is 1. The van der Waals surface area contributed by atoms with E-state index in [0.717, 1.165) is 43.8 Å². The zero-order valence-electron chi connectivity index (χ0n) is 14.2. The quantitative estimate of drug-likeness (QED) is 0.765. The van der Waals surface area contributed by atoms with Gasteiger partial charge in [-0.05, 0) is 17.7 Å². The van der Waals surface area contributed by atoms with Gasteiger partial charge in [0.15, 0.2) is 0 Å². The number of benzene rings is 2. The molecule has 1 aliphatic rings. The highest BCUT2D eigenvalue weighted by Crippen LogP contribution is 2.23. The maximum absolute atomic E-state index is 10.4. The molecule has 4 rings (SSSR count). The average Bonchev–Trinajstić information content (AvgIpc) is 3.06. The number of aliphatic hydroxyl groups is 1. The van der Waals surface area contributed by atoms with Crippen molar-refractivity contribution in [2.75, 3.05) is 32.7 Å². The van der Waals surface area contributed by atoms with E-state index in [4.69, 9.17) is 4.98 Å². The summed E-state index contributed by atoms with van der Waals surface area (Å²) in [5.74, 6) is 0. The summed E-state index contributed by atoms with van der Waals surface area (Å²) in [6.45, 7) is 5.67. The monoisotopic (exact) mass is 353 g/mol. The number of rotatable bonds is 5. The third-order valence-corrected chi connectivity index (χ3v) is 5.80. The Labute approximate surface area is 152 Å². The number of aromatic nitrogens is 1. The van der Waals surface area contributed by atoms with E-state index < -0.39 is 6.10 Å². The van der Waals surface area contributed by atoms with Gasteiger partial charge in [0, 0.05) is 32.7 Å². The van der Waals surface area contributed by atoms with Crippen LogP contribution in [0.3, 0.4) is 0 Å². The lowest BCUT2D eigenvalue weighted by molar-refractivity contribution is 0.0701. The summed E-state index contributed by atoms with van der Waals surface area (Å²) in [5, 5.41) is 11.6. The summed E-state index contributed by atoms with van der Waals surface area (Å²) in [4.78, 5) is 9.55. The third-order valence-electron chi connectivity index (χ3n) is 4.78. The van der Waals surface area contributed by atoms with Crippen molar-refractivity contribution < 1.29 is 5.11 Å². The number of hydrogen-bond donors (Lipinski definition) is 1. The molecule has 2 heterocycles. The Bertz CT molecular complexity index is 779. The van der Waals surface area contributed by atoms with Crippen molar-refractivity contribution in [1.29, 1.82) is 0 Å². The van der Waals surface area contributed by atoms with Crippen LogP contribution in [0.5, 0.6) is 0 Å². The Morgan fingerprint density at radius 1 is 0.920 bits per heavy atom. The van der Waals surface area contributed by atoms with Gasteiger partial charge in [0.1, 0.15) is 5.01 Å². The highest BCUT2D eigenvalue weighted by molar-refractivity contribution is 7.18. The number of aliphatic hydroxyl groups excluding tert-OH is 1. The zero-order valence-corrected chi connectivity index (χ0v) is 15.0. The Morgan fingerprint density at radius 2 is 1.60 bits per heavy atom. The van der Waals surface area contributed by atoms with Crippen molar-refractivity contribution in [3.63, 3.8) is 0 Å². The molecule has 1 fully saturated rings. The fraction of sp³-hybridized carbons (Fsp3) is 0.350. The normalized spacial score (nSPS) is 17.8. The van der Waals surface area contributed by atoms with Gasteiger partial charge in [0.25, 0.3) is 0 Å². The number of piperazine rings is 1. The van der Waals surface area contributed by atoms with Crippen LogP contribution >= 0.6 is 11.3 Å². The van der Waals surface area contributed by atoms with Crippen molar-refractivity contribution in [3.05, 3.63) is 65.2 Å². The van der Waals surface area contributed by atoms with E-state index in [-0.39, 0.29) is 0 Å². The highest BCUT2D eigenvalue weighted by atomic mass is 32.1. The number of β-amino-alcohol motifs (C(OH)–C–C–N with tert-alkyl or cyclic N) is 1. The molecule has 25 heavy (non-hydrogen) atoms. The molecule has 0 saturated carbocycles. The number of nitrogens with zero attached hydrogens (tertiary/aromatic N) is 3. The van der Waals surface area contributed by atoms with E-state index >= 15 is 0 Å². The van der Waals surface area contributed by atoms with Gasteiger partial charge < -0.3 is 5.11 Å². The SMILES string of the molecule is O[C@H](CN1CCN(Cc2nc3ccccc3s2)CC1)c1ccccc1. The van der Waals surface area contributed by atoms with Crippen LogP contribution in [0, 0.1) is 0 Å². The van der Waals surface area contributed by atoms with Gasteiger partial charge in [-0.15, -0.1) is 11.3 Å². The molecule has 2 aromatic carbocycles. The predicted octanol–water partition coefficient (Wildman–Crippen LogP) is 3.15. The molecule has 0 radical (unpaired) electrons. The van der Waals surface area contributed by atoms with Crippen molar-refractivity contribution in [1.82, 2.24) is 14.8 Å². The highest BCUT2D eigenvalue weighted by Gasteiger charge is 2.20. The molecule has 0 aliphatic carbocycles. The van der Waals surface area contributed by atoms with Crippen molar-refractivity contribution in [2.24, 2.45) is 0 Å². The van der Waals surface area contributed by atoms with Gasteiger partial charge in [0.05, 0.1) is 22.9 Å². The van der Waals surface area contributed by atoms with Gasteiger partial charge >= 0.3 is 0 Å². The molecular weight excluding hydrogens is 330 g/mol. The Balaban J connectivity index is 1.29. The second kappa shape index (κ2) is 7.62. The van der Waals surface area contributed by atoms with Crippen LogP contribution in [0.15, 0.2) is 54.6 Å². The fourth-order valence-electron chi connectivity index (χ4n) is 3.33. The molecule has 0 amide bonds. The van der Waals surface area contributed by atoms with Gasteiger partial charge in [-0.2, -0.15) is 0 Å². The lowest BCUT2D eigenvalue weighted by Gasteiger charge is -2.35. The smallest absolute Gasteiger partial charge is 0.108 e. The minimum absolute atomic E-state index is 0.406. The van der Waals surface area contributed by atoms with Crippen LogP contribution in [0.25, 0.3) is 10.2 Å². The first kappa shape index (κ1) is 16.7. The van der Waals surface area contributed by atoms with Crippen molar-refractivity contribution >= 4 is 21.6 Å². The van der Waals surface area contributed by atoms with Crippen LogP contribution in [0.1, 0.15) is 16.7 Å². The molecular formula is C20H23N3OS. The molecule has 5 heteroatoms. The van der Waals surface area contributed by atoms with Crippen molar-refractivity contribution in [2.45, 2.75) is 12.6 Å². The van der Waals surface area contributed by atoms with Crippen LogP contribution in [0.2, 0.25) is 0 Å². The minimum Gasteiger partial charge on any atom is -0.387 e. The average molecular weight is 353 g/mol. The molecule has 0 spiro atoms. The third kappa shape index (κ3) is 4.07. The summed E-state index contributed by atoms with van der Waals surface area (Å²) in [6.07, 6.45) is -0.406.